The molecule has 0 spiro atoms. The molecule has 2 aromatic rings. The first kappa shape index (κ1) is 18.3. The number of nitrogens with one attached hydrogen (secondary N) is 1. The maximum Gasteiger partial charge on any atom is 0.261 e. The highest BCUT2D eigenvalue weighted by atomic mass is 32.1. The van der Waals surface area contributed by atoms with Crippen molar-refractivity contribution < 1.29 is 4.43 Å². The summed E-state index contributed by atoms with van der Waals surface area (Å²) in [6.07, 6.45) is 2.04. The lowest BCUT2D eigenvalue weighted by molar-refractivity contribution is 0.264. The predicted molar refractivity (Wildman–Crippen MR) is 112 cm³/mol. The molecule has 1 atom stereocenters. The summed E-state index contributed by atoms with van der Waals surface area (Å²) in [6.45, 7) is 7.64. The van der Waals surface area contributed by atoms with E-state index in [4.69, 9.17) is 16.6 Å². The summed E-state index contributed by atoms with van der Waals surface area (Å²) in [5, 5.41) is 6.09. The van der Waals surface area contributed by atoms with Gasteiger partial charge >= 0.3 is 0 Å². The van der Waals surface area contributed by atoms with Crippen molar-refractivity contribution in [3.05, 3.63) is 60.7 Å². The molecule has 3 rings (SSSR count). The van der Waals surface area contributed by atoms with Crippen LogP contribution in [0, 0.1) is 0 Å². The first-order valence-electron chi connectivity index (χ1n) is 8.98. The molecule has 1 N–H and O–H groups in total. The molecule has 2 aromatic carbocycles. The fourth-order valence-electron chi connectivity index (χ4n) is 3.79. The molecular weight excluding hydrogens is 342 g/mol. The van der Waals surface area contributed by atoms with Crippen LogP contribution < -0.4 is 15.7 Å². The van der Waals surface area contributed by atoms with E-state index in [0.717, 1.165) is 17.8 Å². The quantitative estimate of drug-likeness (QED) is 0.642. The molecule has 0 saturated carbocycles. The average molecular weight is 370 g/mol. The fraction of sp³-hybridized carbons (Fsp3) is 0.381. The van der Waals surface area contributed by atoms with Crippen LogP contribution in [0.1, 0.15) is 33.6 Å². The van der Waals surface area contributed by atoms with Gasteiger partial charge in [-0.25, -0.2) is 0 Å². The molecule has 1 heterocycles. The van der Waals surface area contributed by atoms with Gasteiger partial charge in [0.25, 0.3) is 8.32 Å². The highest BCUT2D eigenvalue weighted by Gasteiger charge is 2.50. The second kappa shape index (κ2) is 7.40. The van der Waals surface area contributed by atoms with E-state index in [1.807, 2.05) is 0 Å². The molecule has 1 saturated heterocycles. The highest BCUT2D eigenvalue weighted by Crippen LogP contribution is 2.37. The largest absolute Gasteiger partial charge is 0.405 e. The molecule has 4 heteroatoms. The molecule has 25 heavy (non-hydrogen) atoms. The Hall–Kier alpha value is -1.49. The number of hydrogen-bond donors (Lipinski definition) is 1. The van der Waals surface area contributed by atoms with Crippen molar-refractivity contribution in [2.24, 2.45) is 0 Å². The smallest absolute Gasteiger partial charge is 0.261 e. The highest BCUT2D eigenvalue weighted by molar-refractivity contribution is 7.80. The summed E-state index contributed by atoms with van der Waals surface area (Å²) in [5.41, 5.74) is 0. The molecule has 1 aliphatic heterocycles. The second-order valence-corrected chi connectivity index (χ2v) is 12.6. The minimum Gasteiger partial charge on any atom is -0.405 e. The summed E-state index contributed by atoms with van der Waals surface area (Å²) in [7, 11) is -2.42. The number of rotatable bonds is 5. The lowest BCUT2D eigenvalue weighted by atomic mass is 10.2. The Balaban J connectivity index is 2.04. The van der Waals surface area contributed by atoms with Crippen molar-refractivity contribution >= 4 is 35.9 Å². The molecule has 132 valence electrons. The van der Waals surface area contributed by atoms with Gasteiger partial charge in [-0.05, 0) is 28.3 Å². The van der Waals surface area contributed by atoms with Crippen LogP contribution in [0.3, 0.4) is 0 Å². The zero-order valence-corrected chi connectivity index (χ0v) is 17.1. The molecular formula is C21H27NOSSi. The van der Waals surface area contributed by atoms with Gasteiger partial charge in [-0.3, -0.25) is 0 Å². The number of thiocarbonyl (C=S) groups is 1. The van der Waals surface area contributed by atoms with Gasteiger partial charge in [-0.1, -0.05) is 93.7 Å². The van der Waals surface area contributed by atoms with Crippen LogP contribution in [0.2, 0.25) is 5.04 Å². The maximum atomic E-state index is 6.92. The Bertz CT molecular complexity index is 672. The van der Waals surface area contributed by atoms with Gasteiger partial charge in [0.05, 0.1) is 11.6 Å². The van der Waals surface area contributed by atoms with E-state index in [0.29, 0.717) is 12.6 Å². The van der Waals surface area contributed by atoms with E-state index in [9.17, 15) is 0 Å². The SMILES string of the molecule is CC(C)(C)[Si](OCC1CCC(=S)N1)(c1ccccc1)c1ccccc1. The van der Waals surface area contributed by atoms with Crippen LogP contribution in [0.4, 0.5) is 0 Å². The van der Waals surface area contributed by atoms with Crippen LogP contribution in [0.5, 0.6) is 0 Å². The molecule has 1 aliphatic rings. The van der Waals surface area contributed by atoms with Gasteiger partial charge in [0.2, 0.25) is 0 Å². The zero-order chi connectivity index (χ0) is 17.9. The first-order valence-corrected chi connectivity index (χ1v) is 11.3. The van der Waals surface area contributed by atoms with Crippen LogP contribution in [-0.4, -0.2) is 26.0 Å². The molecule has 0 aliphatic carbocycles. The topological polar surface area (TPSA) is 21.3 Å². The number of hydrogen-bond acceptors (Lipinski definition) is 2. The van der Waals surface area contributed by atoms with Crippen molar-refractivity contribution in [2.75, 3.05) is 6.61 Å². The fourth-order valence-corrected chi connectivity index (χ4v) is 8.68. The van der Waals surface area contributed by atoms with E-state index in [1.165, 1.54) is 10.4 Å². The van der Waals surface area contributed by atoms with E-state index in [1.54, 1.807) is 0 Å². The summed E-state index contributed by atoms with van der Waals surface area (Å²) in [4.78, 5) is 0.969. The minimum absolute atomic E-state index is 0.0226. The van der Waals surface area contributed by atoms with Crippen molar-refractivity contribution in [3.63, 3.8) is 0 Å². The van der Waals surface area contributed by atoms with E-state index in [-0.39, 0.29) is 5.04 Å². The lowest BCUT2D eigenvalue weighted by Crippen LogP contribution is -2.67. The Morgan fingerprint density at radius 3 is 1.92 bits per heavy atom. The monoisotopic (exact) mass is 369 g/mol. The van der Waals surface area contributed by atoms with E-state index >= 15 is 0 Å². The van der Waals surface area contributed by atoms with Gasteiger partial charge in [0.1, 0.15) is 0 Å². The van der Waals surface area contributed by atoms with E-state index in [2.05, 4.69) is 86.8 Å². The molecule has 1 fully saturated rings. The second-order valence-electron chi connectivity index (χ2n) is 7.78. The van der Waals surface area contributed by atoms with Gasteiger partial charge < -0.3 is 9.74 Å². The summed E-state index contributed by atoms with van der Waals surface area (Å²) < 4.78 is 6.92. The summed E-state index contributed by atoms with van der Waals surface area (Å²) in [5.74, 6) is 0. The average Bonchev–Trinajstić information content (AvgIpc) is 3.02. The lowest BCUT2D eigenvalue weighted by Gasteiger charge is -2.43. The van der Waals surface area contributed by atoms with Crippen LogP contribution in [-0.2, 0) is 4.43 Å². The van der Waals surface area contributed by atoms with Crippen LogP contribution in [0.25, 0.3) is 0 Å². The van der Waals surface area contributed by atoms with Crippen LogP contribution in [0.15, 0.2) is 60.7 Å². The van der Waals surface area contributed by atoms with Crippen molar-refractivity contribution in [1.82, 2.24) is 5.32 Å². The third-order valence-corrected chi connectivity index (χ3v) is 10.3. The first-order chi connectivity index (χ1) is 11.9. The Morgan fingerprint density at radius 1 is 1.00 bits per heavy atom. The van der Waals surface area contributed by atoms with Gasteiger partial charge in [-0.2, -0.15) is 0 Å². The van der Waals surface area contributed by atoms with Gasteiger partial charge in [0.15, 0.2) is 0 Å². The zero-order valence-electron chi connectivity index (χ0n) is 15.3. The Morgan fingerprint density at radius 2 is 1.52 bits per heavy atom. The minimum atomic E-state index is -2.42. The third-order valence-electron chi connectivity index (χ3n) is 5.00. The molecule has 1 unspecified atom stereocenters. The molecule has 0 bridgehead atoms. The summed E-state index contributed by atoms with van der Waals surface area (Å²) in [6, 6.07) is 21.9. The Kier molecular flexibility index (Phi) is 5.42. The molecule has 0 radical (unpaired) electrons. The van der Waals surface area contributed by atoms with Gasteiger partial charge in [0, 0.05) is 6.04 Å². The standard InChI is InChI=1S/C21H27NOSSi/c1-21(2,3)25(18-10-6-4-7-11-18,19-12-8-5-9-13-19)23-16-17-14-15-20(24)22-17/h4-13,17H,14-16H2,1-3H3,(H,22,24). The third kappa shape index (κ3) is 3.71. The normalized spacial score (nSPS) is 18.2. The van der Waals surface area contributed by atoms with Crippen molar-refractivity contribution in [2.45, 2.75) is 44.7 Å². The summed E-state index contributed by atoms with van der Waals surface area (Å²) >= 11 is 5.31. The predicted octanol–water partition coefficient (Wildman–Crippen LogP) is 3.64. The number of benzene rings is 2. The molecule has 0 amide bonds. The maximum absolute atomic E-state index is 6.92. The van der Waals surface area contributed by atoms with Crippen molar-refractivity contribution in [1.29, 1.82) is 0 Å². The molecule has 2 nitrogen and oxygen atoms in total. The van der Waals surface area contributed by atoms with Gasteiger partial charge in [-0.15, -0.1) is 0 Å². The van der Waals surface area contributed by atoms with Crippen molar-refractivity contribution in [3.8, 4) is 0 Å². The van der Waals surface area contributed by atoms with E-state index < -0.39 is 8.32 Å². The van der Waals surface area contributed by atoms with Crippen LogP contribution >= 0.6 is 12.2 Å². The molecule has 0 aromatic heterocycles. The Labute approximate surface area is 157 Å².